The number of carbonyl (C=O) groups excluding carboxylic acids is 1. The highest BCUT2D eigenvalue weighted by atomic mass is 35.5. The molecule has 0 amide bonds. The molecule has 0 spiro atoms. The molecule has 1 N–H and O–H groups in total. The van der Waals surface area contributed by atoms with Crippen LogP contribution in [0.1, 0.15) is 19.4 Å². The summed E-state index contributed by atoms with van der Waals surface area (Å²) in [6.07, 6.45) is -4.55. The summed E-state index contributed by atoms with van der Waals surface area (Å²) < 4.78 is 43.2. The molecule has 0 aromatic heterocycles. The Labute approximate surface area is 113 Å². The Hall–Kier alpha value is -1.43. The second-order valence-corrected chi connectivity index (χ2v) is 4.24. The van der Waals surface area contributed by atoms with Crippen molar-refractivity contribution >= 4 is 23.3 Å². The lowest BCUT2D eigenvalue weighted by Crippen LogP contribution is -2.29. The fourth-order valence-corrected chi connectivity index (χ4v) is 1.61. The number of ether oxygens (including phenoxy) is 1. The van der Waals surface area contributed by atoms with E-state index in [4.69, 9.17) is 16.3 Å². The van der Waals surface area contributed by atoms with Crippen molar-refractivity contribution in [1.29, 1.82) is 0 Å². The van der Waals surface area contributed by atoms with Gasteiger partial charge in [0, 0.05) is 10.7 Å². The summed E-state index contributed by atoms with van der Waals surface area (Å²) in [4.78, 5) is 11.4. The molecular weight excluding hydrogens is 283 g/mol. The van der Waals surface area contributed by atoms with Crippen LogP contribution in [0.4, 0.5) is 18.9 Å². The van der Waals surface area contributed by atoms with Crippen LogP contribution in [0.2, 0.25) is 5.02 Å². The van der Waals surface area contributed by atoms with E-state index in [1.807, 2.05) is 0 Å². The Bertz CT molecular complexity index is 463. The molecule has 1 unspecified atom stereocenters. The molecule has 106 valence electrons. The average Bonchev–Trinajstić information content (AvgIpc) is 2.30. The number of hydrogen-bond acceptors (Lipinski definition) is 3. The van der Waals surface area contributed by atoms with Gasteiger partial charge in [0.2, 0.25) is 0 Å². The van der Waals surface area contributed by atoms with Gasteiger partial charge in [-0.05, 0) is 32.0 Å². The zero-order valence-electron chi connectivity index (χ0n) is 10.3. The van der Waals surface area contributed by atoms with Crippen LogP contribution in [-0.4, -0.2) is 18.6 Å². The van der Waals surface area contributed by atoms with Crippen LogP contribution in [0.3, 0.4) is 0 Å². The Kier molecular flexibility index (Phi) is 5.05. The summed E-state index contributed by atoms with van der Waals surface area (Å²) in [5.41, 5.74) is -1.13. The van der Waals surface area contributed by atoms with Crippen LogP contribution in [0.15, 0.2) is 18.2 Å². The highest BCUT2D eigenvalue weighted by Gasteiger charge is 2.34. The lowest BCUT2D eigenvalue weighted by molar-refractivity contribution is -0.144. The molecule has 1 atom stereocenters. The summed E-state index contributed by atoms with van der Waals surface area (Å²) in [7, 11) is 0. The van der Waals surface area contributed by atoms with Gasteiger partial charge >= 0.3 is 12.1 Å². The summed E-state index contributed by atoms with van der Waals surface area (Å²) in [6, 6.07) is 2.42. The van der Waals surface area contributed by atoms with Gasteiger partial charge in [-0.15, -0.1) is 0 Å². The molecule has 0 aliphatic carbocycles. The third kappa shape index (κ3) is 4.31. The van der Waals surface area contributed by atoms with Crippen molar-refractivity contribution in [2.45, 2.75) is 26.1 Å². The Morgan fingerprint density at radius 2 is 2.11 bits per heavy atom. The molecule has 3 nitrogen and oxygen atoms in total. The second-order valence-electron chi connectivity index (χ2n) is 3.81. The van der Waals surface area contributed by atoms with Gasteiger partial charge in [-0.3, -0.25) is 0 Å². The molecule has 0 radical (unpaired) electrons. The molecule has 0 saturated carbocycles. The van der Waals surface area contributed by atoms with E-state index >= 15 is 0 Å². The summed E-state index contributed by atoms with van der Waals surface area (Å²) in [5, 5.41) is 2.45. The van der Waals surface area contributed by atoms with Crippen molar-refractivity contribution in [3.8, 4) is 0 Å². The quantitative estimate of drug-likeness (QED) is 0.860. The fourth-order valence-electron chi connectivity index (χ4n) is 1.44. The van der Waals surface area contributed by atoms with Crippen molar-refractivity contribution < 1.29 is 22.7 Å². The van der Waals surface area contributed by atoms with Gasteiger partial charge in [0.1, 0.15) is 6.04 Å². The Balaban J connectivity index is 2.98. The van der Waals surface area contributed by atoms with Gasteiger partial charge < -0.3 is 10.1 Å². The molecule has 19 heavy (non-hydrogen) atoms. The van der Waals surface area contributed by atoms with E-state index in [2.05, 4.69) is 5.32 Å². The van der Waals surface area contributed by atoms with Crippen molar-refractivity contribution in [2.75, 3.05) is 11.9 Å². The first-order valence-electron chi connectivity index (χ1n) is 5.55. The maximum atomic E-state index is 12.8. The SMILES string of the molecule is CCOC(=O)C(C)Nc1ccc(Cl)cc1C(F)(F)F. The molecule has 0 aliphatic heterocycles. The number of benzene rings is 1. The predicted octanol–water partition coefficient (Wildman–Crippen LogP) is 3.72. The molecule has 0 saturated heterocycles. The second kappa shape index (κ2) is 6.14. The van der Waals surface area contributed by atoms with E-state index in [-0.39, 0.29) is 17.3 Å². The Morgan fingerprint density at radius 3 is 2.63 bits per heavy atom. The van der Waals surface area contributed by atoms with Crippen LogP contribution in [0.25, 0.3) is 0 Å². The molecule has 1 aromatic carbocycles. The highest BCUT2D eigenvalue weighted by Crippen LogP contribution is 2.36. The van der Waals surface area contributed by atoms with E-state index in [0.29, 0.717) is 0 Å². The van der Waals surface area contributed by atoms with E-state index in [0.717, 1.165) is 6.07 Å². The topological polar surface area (TPSA) is 38.3 Å². The van der Waals surface area contributed by atoms with Gasteiger partial charge in [-0.2, -0.15) is 13.2 Å². The van der Waals surface area contributed by atoms with Crippen LogP contribution in [-0.2, 0) is 15.7 Å². The van der Waals surface area contributed by atoms with Gasteiger partial charge in [0.25, 0.3) is 0 Å². The van der Waals surface area contributed by atoms with Crippen LogP contribution < -0.4 is 5.32 Å². The first-order valence-corrected chi connectivity index (χ1v) is 5.93. The zero-order valence-corrected chi connectivity index (χ0v) is 11.1. The molecular formula is C12H13ClF3NO2. The number of carbonyl (C=O) groups is 1. The number of halogens is 4. The largest absolute Gasteiger partial charge is 0.464 e. The average molecular weight is 296 g/mol. The third-order valence-corrected chi connectivity index (χ3v) is 2.53. The molecule has 1 aromatic rings. The van der Waals surface area contributed by atoms with E-state index in [9.17, 15) is 18.0 Å². The zero-order chi connectivity index (χ0) is 14.6. The maximum Gasteiger partial charge on any atom is 0.418 e. The van der Waals surface area contributed by atoms with Gasteiger partial charge in [-0.1, -0.05) is 11.6 Å². The Morgan fingerprint density at radius 1 is 1.47 bits per heavy atom. The van der Waals surface area contributed by atoms with Crippen molar-refractivity contribution in [1.82, 2.24) is 0 Å². The number of nitrogens with one attached hydrogen (secondary N) is 1. The smallest absolute Gasteiger partial charge is 0.418 e. The summed E-state index contributed by atoms with van der Waals surface area (Å²) in [5.74, 6) is -0.620. The van der Waals surface area contributed by atoms with Crippen molar-refractivity contribution in [3.05, 3.63) is 28.8 Å². The molecule has 0 aliphatic rings. The van der Waals surface area contributed by atoms with Gasteiger partial charge in [0.15, 0.2) is 0 Å². The van der Waals surface area contributed by atoms with E-state index < -0.39 is 23.8 Å². The molecule has 0 heterocycles. The summed E-state index contributed by atoms with van der Waals surface area (Å²) in [6.45, 7) is 3.21. The molecule has 7 heteroatoms. The normalized spacial score (nSPS) is 12.9. The van der Waals surface area contributed by atoms with Crippen LogP contribution in [0, 0.1) is 0 Å². The minimum absolute atomic E-state index is 0.0262. The number of hydrogen-bond donors (Lipinski definition) is 1. The van der Waals surface area contributed by atoms with Crippen molar-refractivity contribution in [3.63, 3.8) is 0 Å². The number of esters is 1. The van der Waals surface area contributed by atoms with Crippen LogP contribution >= 0.6 is 11.6 Å². The predicted molar refractivity (Wildman–Crippen MR) is 66.2 cm³/mol. The lowest BCUT2D eigenvalue weighted by atomic mass is 10.1. The standard InChI is InChI=1S/C12H13ClF3NO2/c1-3-19-11(18)7(2)17-10-5-4-8(13)6-9(10)12(14,15)16/h4-7,17H,3H2,1-2H3. The summed E-state index contributed by atoms with van der Waals surface area (Å²) >= 11 is 5.55. The molecule has 0 fully saturated rings. The first-order chi connectivity index (χ1) is 8.75. The van der Waals surface area contributed by atoms with E-state index in [1.165, 1.54) is 19.1 Å². The van der Waals surface area contributed by atoms with E-state index in [1.54, 1.807) is 6.92 Å². The number of alkyl halides is 3. The van der Waals surface area contributed by atoms with Gasteiger partial charge in [0.05, 0.1) is 12.2 Å². The van der Waals surface area contributed by atoms with Crippen LogP contribution in [0.5, 0.6) is 0 Å². The first kappa shape index (κ1) is 15.6. The minimum atomic E-state index is -4.55. The number of rotatable bonds is 4. The molecule has 1 rings (SSSR count). The monoisotopic (exact) mass is 295 g/mol. The van der Waals surface area contributed by atoms with Gasteiger partial charge in [-0.25, -0.2) is 4.79 Å². The lowest BCUT2D eigenvalue weighted by Gasteiger charge is -2.18. The maximum absolute atomic E-state index is 12.8. The fraction of sp³-hybridized carbons (Fsp3) is 0.417. The number of anilines is 1. The highest BCUT2D eigenvalue weighted by molar-refractivity contribution is 6.30. The minimum Gasteiger partial charge on any atom is -0.464 e. The third-order valence-electron chi connectivity index (χ3n) is 2.30. The molecule has 0 bridgehead atoms. The van der Waals surface area contributed by atoms with Crippen molar-refractivity contribution in [2.24, 2.45) is 0 Å².